The zero-order chi connectivity index (χ0) is 28.3. The topological polar surface area (TPSA) is 97.3 Å². The second kappa shape index (κ2) is 11.6. The molecule has 0 aliphatic heterocycles. The summed E-state index contributed by atoms with van der Waals surface area (Å²) in [6.45, 7) is 2.63. The van der Waals surface area contributed by atoms with Crippen molar-refractivity contribution in [2.24, 2.45) is 0 Å². The summed E-state index contributed by atoms with van der Waals surface area (Å²) in [6, 6.07) is 27.1. The molecule has 1 amide bonds. The molecule has 41 heavy (non-hydrogen) atoms. The Kier molecular flexibility index (Phi) is 7.54. The van der Waals surface area contributed by atoms with E-state index in [1.807, 2.05) is 78.9 Å². The van der Waals surface area contributed by atoms with Crippen LogP contribution in [0.5, 0.6) is 0 Å². The number of halogens is 2. The molecule has 0 unspecified atom stereocenters. The number of carbonyl (C=O) groups is 1. The number of fused-ring (bicyclic) bond motifs is 1. The highest BCUT2D eigenvalue weighted by Crippen LogP contribution is 2.30. The molecule has 0 radical (unpaired) electrons. The molecule has 0 spiro atoms. The minimum absolute atomic E-state index is 0.235. The summed E-state index contributed by atoms with van der Waals surface area (Å²) in [6.07, 6.45) is 1.72. The predicted molar refractivity (Wildman–Crippen MR) is 163 cm³/mol. The first-order chi connectivity index (χ1) is 20.0. The highest BCUT2D eigenvalue weighted by molar-refractivity contribution is 9.10. The summed E-state index contributed by atoms with van der Waals surface area (Å²) >= 11 is 10.0. The summed E-state index contributed by atoms with van der Waals surface area (Å²) in [5.41, 5.74) is 6.06. The van der Waals surface area contributed by atoms with E-state index in [1.165, 1.54) is 0 Å². The van der Waals surface area contributed by atoms with E-state index in [4.69, 9.17) is 21.1 Å². The molecule has 0 aliphatic rings. The summed E-state index contributed by atoms with van der Waals surface area (Å²) in [4.78, 5) is 17.9. The van der Waals surface area contributed by atoms with Gasteiger partial charge in [-0.15, -0.1) is 0 Å². The molecular formula is C31H24BrClN6O2. The quantitative estimate of drug-likeness (QED) is 0.184. The Labute approximate surface area is 249 Å². The van der Waals surface area contributed by atoms with Crippen molar-refractivity contribution in [3.05, 3.63) is 123 Å². The predicted octanol–water partition coefficient (Wildman–Crippen LogP) is 7.32. The number of anilines is 1. The van der Waals surface area contributed by atoms with E-state index in [2.05, 4.69) is 42.9 Å². The molecule has 6 aromatic rings. The summed E-state index contributed by atoms with van der Waals surface area (Å²) < 4.78 is 7.88. The zero-order valence-corrected chi connectivity index (χ0v) is 24.3. The lowest BCUT2D eigenvalue weighted by atomic mass is 10.1. The van der Waals surface area contributed by atoms with Gasteiger partial charge < -0.3 is 15.2 Å². The fourth-order valence-electron chi connectivity index (χ4n) is 4.61. The highest BCUT2D eigenvalue weighted by Gasteiger charge is 2.21. The third-order valence-corrected chi connectivity index (χ3v) is 7.52. The third kappa shape index (κ3) is 5.59. The third-order valence-electron chi connectivity index (χ3n) is 6.63. The van der Waals surface area contributed by atoms with Crippen LogP contribution in [0.25, 0.3) is 28.2 Å². The van der Waals surface area contributed by atoms with E-state index >= 15 is 0 Å². The minimum Gasteiger partial charge on any atom is -0.366 e. The van der Waals surface area contributed by atoms with Crippen LogP contribution in [-0.2, 0) is 13.1 Å². The molecule has 0 saturated heterocycles. The first-order valence-electron chi connectivity index (χ1n) is 12.9. The fraction of sp³-hybridized carbons (Fsp3) is 0.0968. The van der Waals surface area contributed by atoms with Crippen molar-refractivity contribution in [1.29, 1.82) is 0 Å². The molecular weight excluding hydrogens is 604 g/mol. The lowest BCUT2D eigenvalue weighted by Crippen LogP contribution is -2.23. The molecule has 10 heteroatoms. The fourth-order valence-corrected chi connectivity index (χ4v) is 5.20. The average Bonchev–Trinajstić information content (AvgIpc) is 3.58. The SMILES string of the molecule is Cc1onc(-c2ccccc2)c1C(=O)NCc1cccc(CNc2cc(-c3ccccc3Cl)nc3c(Br)cnn23)c1. The van der Waals surface area contributed by atoms with Crippen molar-refractivity contribution >= 4 is 44.9 Å². The first-order valence-corrected chi connectivity index (χ1v) is 14.1. The van der Waals surface area contributed by atoms with Gasteiger partial charge in [0.2, 0.25) is 0 Å². The van der Waals surface area contributed by atoms with Crippen LogP contribution in [0.3, 0.4) is 0 Å². The Morgan fingerprint density at radius 2 is 1.73 bits per heavy atom. The van der Waals surface area contributed by atoms with Crippen LogP contribution in [0.1, 0.15) is 27.2 Å². The molecule has 0 bridgehead atoms. The maximum absolute atomic E-state index is 13.1. The second-order valence-corrected chi connectivity index (χ2v) is 10.7. The number of hydrogen-bond donors (Lipinski definition) is 2. The molecule has 2 N–H and O–H groups in total. The van der Waals surface area contributed by atoms with Crippen LogP contribution in [0.15, 0.2) is 100 Å². The summed E-state index contributed by atoms with van der Waals surface area (Å²) in [5, 5.41) is 15.7. The normalized spacial score (nSPS) is 11.1. The Morgan fingerprint density at radius 1 is 0.976 bits per heavy atom. The van der Waals surface area contributed by atoms with Gasteiger partial charge in [-0.3, -0.25) is 4.79 Å². The van der Waals surface area contributed by atoms with Crippen molar-refractivity contribution in [3.8, 4) is 22.5 Å². The number of aryl methyl sites for hydroxylation is 1. The monoisotopic (exact) mass is 626 g/mol. The van der Waals surface area contributed by atoms with Crippen LogP contribution in [0, 0.1) is 6.92 Å². The van der Waals surface area contributed by atoms with E-state index in [1.54, 1.807) is 17.6 Å². The van der Waals surface area contributed by atoms with Gasteiger partial charge >= 0.3 is 0 Å². The molecule has 0 saturated carbocycles. The zero-order valence-electron chi connectivity index (χ0n) is 21.9. The van der Waals surface area contributed by atoms with E-state index in [-0.39, 0.29) is 5.91 Å². The van der Waals surface area contributed by atoms with E-state index in [0.717, 1.165) is 38.2 Å². The van der Waals surface area contributed by atoms with Gasteiger partial charge in [0.1, 0.15) is 22.8 Å². The number of rotatable bonds is 8. The van der Waals surface area contributed by atoms with E-state index < -0.39 is 0 Å². The van der Waals surface area contributed by atoms with Gasteiger partial charge in [0.15, 0.2) is 5.65 Å². The first kappa shape index (κ1) is 26.7. The molecule has 3 aromatic carbocycles. The van der Waals surface area contributed by atoms with Crippen molar-refractivity contribution in [3.63, 3.8) is 0 Å². The molecule has 0 aliphatic carbocycles. The van der Waals surface area contributed by atoms with Crippen molar-refractivity contribution in [2.45, 2.75) is 20.0 Å². The summed E-state index contributed by atoms with van der Waals surface area (Å²) in [7, 11) is 0. The highest BCUT2D eigenvalue weighted by atomic mass is 79.9. The van der Waals surface area contributed by atoms with Gasteiger partial charge in [0.25, 0.3) is 5.91 Å². The number of benzene rings is 3. The largest absolute Gasteiger partial charge is 0.366 e. The molecule has 8 nitrogen and oxygen atoms in total. The van der Waals surface area contributed by atoms with Crippen molar-refractivity contribution < 1.29 is 9.32 Å². The minimum atomic E-state index is -0.235. The van der Waals surface area contributed by atoms with Crippen molar-refractivity contribution in [1.82, 2.24) is 25.1 Å². The number of nitrogens with zero attached hydrogens (tertiary/aromatic N) is 4. The van der Waals surface area contributed by atoms with Gasteiger partial charge in [-0.25, -0.2) is 4.98 Å². The maximum atomic E-state index is 13.1. The number of hydrogen-bond acceptors (Lipinski definition) is 6. The molecule has 3 aromatic heterocycles. The molecule has 0 atom stereocenters. The molecule has 3 heterocycles. The molecule has 0 fully saturated rings. The van der Waals surface area contributed by atoms with Crippen LogP contribution >= 0.6 is 27.5 Å². The van der Waals surface area contributed by atoms with Gasteiger partial charge in [-0.2, -0.15) is 9.61 Å². The number of carbonyl (C=O) groups excluding carboxylic acids is 1. The smallest absolute Gasteiger partial charge is 0.257 e. The van der Waals surface area contributed by atoms with Crippen LogP contribution in [0.2, 0.25) is 5.02 Å². The average molecular weight is 628 g/mol. The van der Waals surface area contributed by atoms with Gasteiger partial charge in [0, 0.05) is 35.3 Å². The van der Waals surface area contributed by atoms with E-state index in [9.17, 15) is 4.79 Å². The van der Waals surface area contributed by atoms with Gasteiger partial charge in [0.05, 0.1) is 16.4 Å². The Morgan fingerprint density at radius 3 is 2.54 bits per heavy atom. The molecule has 204 valence electrons. The van der Waals surface area contributed by atoms with Gasteiger partial charge in [-0.1, -0.05) is 89.6 Å². The Hall–Kier alpha value is -4.47. The Bertz CT molecular complexity index is 1870. The van der Waals surface area contributed by atoms with Crippen LogP contribution in [0.4, 0.5) is 5.82 Å². The summed E-state index contributed by atoms with van der Waals surface area (Å²) in [5.74, 6) is 1.01. The standard InChI is InChI=1S/C31H24BrClN6O2/c1-19-28(29(38-41-19)22-10-3-2-4-11-22)31(40)35-17-21-9-7-8-20(14-21)16-34-27-15-26(23-12-5-6-13-25(23)33)37-30-24(32)18-36-39(27)30/h2-15,18,34H,16-17H2,1H3,(H,35,40). The number of amides is 1. The van der Waals surface area contributed by atoms with E-state index in [0.29, 0.717) is 40.8 Å². The Balaban J connectivity index is 1.18. The number of aromatic nitrogens is 4. The second-order valence-electron chi connectivity index (χ2n) is 9.42. The van der Waals surface area contributed by atoms with Gasteiger partial charge in [-0.05, 0) is 40.0 Å². The number of nitrogens with one attached hydrogen (secondary N) is 2. The lowest BCUT2D eigenvalue weighted by molar-refractivity contribution is 0.0950. The molecule has 6 rings (SSSR count). The van der Waals surface area contributed by atoms with Crippen LogP contribution in [-0.4, -0.2) is 25.7 Å². The lowest BCUT2D eigenvalue weighted by Gasteiger charge is -2.12. The van der Waals surface area contributed by atoms with Crippen LogP contribution < -0.4 is 10.6 Å². The maximum Gasteiger partial charge on any atom is 0.257 e. The van der Waals surface area contributed by atoms with Crippen molar-refractivity contribution in [2.75, 3.05) is 5.32 Å².